The molecular formula is C14H21N3S2. The molecule has 1 rings (SSSR count). The van der Waals surface area contributed by atoms with E-state index in [1.54, 1.807) is 6.21 Å². The normalized spacial score (nSPS) is 10.8. The summed E-state index contributed by atoms with van der Waals surface area (Å²) in [5.74, 6) is 1.17. The molecule has 0 aliphatic carbocycles. The summed E-state index contributed by atoms with van der Waals surface area (Å²) in [5, 5.41) is 4.13. The van der Waals surface area contributed by atoms with Gasteiger partial charge in [0.2, 0.25) is 0 Å². The number of hydrazone groups is 1. The number of nitrogens with zero attached hydrogens (tertiary/aromatic N) is 1. The fraction of sp³-hybridized carbons (Fsp3) is 0.429. The number of nitrogens with two attached hydrogens (primary N) is 1. The van der Waals surface area contributed by atoms with Gasteiger partial charge in [0, 0.05) is 4.90 Å². The quantitative estimate of drug-likeness (QED) is 0.253. The van der Waals surface area contributed by atoms with E-state index in [-0.39, 0.29) is 5.11 Å². The Kier molecular flexibility index (Phi) is 8.25. The zero-order valence-electron chi connectivity index (χ0n) is 11.3. The van der Waals surface area contributed by atoms with Gasteiger partial charge in [-0.3, -0.25) is 5.43 Å². The van der Waals surface area contributed by atoms with Crippen molar-refractivity contribution >= 4 is 35.3 Å². The molecule has 0 atom stereocenters. The number of hydrogen-bond donors (Lipinski definition) is 2. The Balaban J connectivity index is 2.39. The Hall–Kier alpha value is -1.07. The van der Waals surface area contributed by atoms with Crippen molar-refractivity contribution in [3.63, 3.8) is 0 Å². The number of hydrogen-bond acceptors (Lipinski definition) is 3. The van der Waals surface area contributed by atoms with Crippen LogP contribution in [0.3, 0.4) is 0 Å². The van der Waals surface area contributed by atoms with E-state index < -0.39 is 0 Å². The van der Waals surface area contributed by atoms with Crippen molar-refractivity contribution in [1.29, 1.82) is 0 Å². The monoisotopic (exact) mass is 295 g/mol. The fourth-order valence-corrected chi connectivity index (χ4v) is 2.61. The highest BCUT2D eigenvalue weighted by Gasteiger charge is 1.96. The summed E-state index contributed by atoms with van der Waals surface area (Å²) in [4.78, 5) is 1.27. The van der Waals surface area contributed by atoms with Crippen LogP contribution in [-0.4, -0.2) is 17.1 Å². The number of nitrogens with one attached hydrogen (secondary N) is 1. The minimum absolute atomic E-state index is 0.178. The molecule has 19 heavy (non-hydrogen) atoms. The van der Waals surface area contributed by atoms with Gasteiger partial charge >= 0.3 is 0 Å². The van der Waals surface area contributed by atoms with Crippen molar-refractivity contribution in [2.24, 2.45) is 10.8 Å². The predicted octanol–water partition coefficient (Wildman–Crippen LogP) is 3.53. The lowest BCUT2D eigenvalue weighted by Gasteiger charge is -2.02. The summed E-state index contributed by atoms with van der Waals surface area (Å²) < 4.78 is 0. The maximum atomic E-state index is 5.29. The molecule has 5 heteroatoms. The van der Waals surface area contributed by atoms with Gasteiger partial charge in [-0.15, -0.1) is 11.8 Å². The lowest BCUT2D eigenvalue weighted by molar-refractivity contribution is 0.706. The summed E-state index contributed by atoms with van der Waals surface area (Å²) in [7, 11) is 0. The van der Waals surface area contributed by atoms with Gasteiger partial charge in [0.05, 0.1) is 6.21 Å². The van der Waals surface area contributed by atoms with E-state index in [0.29, 0.717) is 0 Å². The van der Waals surface area contributed by atoms with Crippen LogP contribution in [0.2, 0.25) is 0 Å². The van der Waals surface area contributed by atoms with Crippen LogP contribution in [0.25, 0.3) is 0 Å². The minimum atomic E-state index is 0.178. The zero-order valence-corrected chi connectivity index (χ0v) is 12.9. The summed E-state index contributed by atoms with van der Waals surface area (Å²) in [6, 6.07) is 8.29. The van der Waals surface area contributed by atoms with Gasteiger partial charge in [-0.05, 0) is 42.1 Å². The third-order valence-electron chi connectivity index (χ3n) is 2.51. The Labute approximate surface area is 125 Å². The van der Waals surface area contributed by atoms with Crippen LogP contribution in [0.1, 0.15) is 38.2 Å². The maximum Gasteiger partial charge on any atom is 0.184 e. The molecule has 0 fully saturated rings. The number of benzene rings is 1. The highest BCUT2D eigenvalue weighted by atomic mass is 32.2. The van der Waals surface area contributed by atoms with Gasteiger partial charge in [0.15, 0.2) is 5.11 Å². The zero-order chi connectivity index (χ0) is 13.9. The van der Waals surface area contributed by atoms with Gasteiger partial charge in [-0.2, -0.15) is 5.10 Å². The van der Waals surface area contributed by atoms with E-state index in [9.17, 15) is 0 Å². The molecule has 0 heterocycles. The van der Waals surface area contributed by atoms with Crippen LogP contribution in [0, 0.1) is 0 Å². The summed E-state index contributed by atoms with van der Waals surface area (Å²) >= 11 is 6.57. The van der Waals surface area contributed by atoms with Crippen LogP contribution in [0.15, 0.2) is 34.3 Å². The SMILES string of the molecule is CCCCCCSc1cccc(C=NNC(N)=S)c1. The first-order chi connectivity index (χ1) is 9.22. The second-order valence-corrected chi connectivity index (χ2v) is 5.82. The van der Waals surface area contributed by atoms with Crippen molar-refractivity contribution < 1.29 is 0 Å². The van der Waals surface area contributed by atoms with Gasteiger partial charge in [0.1, 0.15) is 0 Å². The summed E-state index contributed by atoms with van der Waals surface area (Å²) in [6.45, 7) is 2.23. The van der Waals surface area contributed by atoms with Crippen LogP contribution in [0.4, 0.5) is 0 Å². The lowest BCUT2D eigenvalue weighted by Crippen LogP contribution is -2.23. The van der Waals surface area contributed by atoms with Gasteiger partial charge in [-0.25, -0.2) is 0 Å². The van der Waals surface area contributed by atoms with Crippen LogP contribution >= 0.6 is 24.0 Å². The lowest BCUT2D eigenvalue weighted by atomic mass is 10.2. The molecule has 1 aromatic rings. The third kappa shape index (κ3) is 7.85. The topological polar surface area (TPSA) is 50.4 Å². The van der Waals surface area contributed by atoms with Crippen molar-refractivity contribution in [2.45, 2.75) is 37.5 Å². The molecule has 3 nitrogen and oxygen atoms in total. The van der Waals surface area contributed by atoms with Gasteiger partial charge in [0.25, 0.3) is 0 Å². The minimum Gasteiger partial charge on any atom is -0.375 e. The Morgan fingerprint density at radius 1 is 1.42 bits per heavy atom. The third-order valence-corrected chi connectivity index (χ3v) is 3.68. The first-order valence-corrected chi connectivity index (χ1v) is 7.93. The molecule has 0 aliphatic heterocycles. The number of thioether (sulfide) groups is 1. The molecule has 1 aromatic carbocycles. The molecular weight excluding hydrogens is 274 g/mol. The van der Waals surface area contributed by atoms with E-state index in [2.05, 4.69) is 41.8 Å². The number of thiocarbonyl (C=S) groups is 1. The molecule has 0 amide bonds. The molecule has 104 valence electrons. The van der Waals surface area contributed by atoms with Crippen molar-refractivity contribution in [2.75, 3.05) is 5.75 Å². The predicted molar refractivity (Wildman–Crippen MR) is 88.8 cm³/mol. The van der Waals surface area contributed by atoms with E-state index in [1.807, 2.05) is 23.9 Å². The summed E-state index contributed by atoms with van der Waals surface area (Å²) in [6.07, 6.45) is 6.94. The van der Waals surface area contributed by atoms with Crippen molar-refractivity contribution in [3.8, 4) is 0 Å². The molecule has 0 saturated carbocycles. The standard InChI is InChI=1S/C14H21N3S2/c1-2-3-4-5-9-19-13-8-6-7-12(10-13)11-16-17-14(15)18/h6-8,10-11H,2-5,9H2,1H3,(H3,15,17,18). The molecule has 0 bridgehead atoms. The first kappa shape index (κ1) is 16.0. The molecule has 0 saturated heterocycles. The average Bonchev–Trinajstić information content (AvgIpc) is 2.39. The molecule has 0 radical (unpaired) electrons. The Bertz CT molecular complexity index is 419. The fourth-order valence-electron chi connectivity index (χ4n) is 1.57. The van der Waals surface area contributed by atoms with Crippen molar-refractivity contribution in [1.82, 2.24) is 5.43 Å². The number of rotatable bonds is 8. The highest BCUT2D eigenvalue weighted by Crippen LogP contribution is 2.20. The second kappa shape index (κ2) is 9.81. The van der Waals surface area contributed by atoms with Gasteiger partial charge in [-0.1, -0.05) is 38.3 Å². The van der Waals surface area contributed by atoms with Crippen LogP contribution < -0.4 is 11.2 Å². The van der Waals surface area contributed by atoms with E-state index in [1.165, 1.54) is 36.3 Å². The molecule has 0 spiro atoms. The van der Waals surface area contributed by atoms with E-state index >= 15 is 0 Å². The largest absolute Gasteiger partial charge is 0.375 e. The molecule has 0 aromatic heterocycles. The molecule has 0 unspecified atom stereocenters. The van der Waals surface area contributed by atoms with Crippen molar-refractivity contribution in [3.05, 3.63) is 29.8 Å². The number of unbranched alkanes of at least 4 members (excludes halogenated alkanes) is 3. The van der Waals surface area contributed by atoms with Crippen LogP contribution in [-0.2, 0) is 0 Å². The maximum absolute atomic E-state index is 5.29. The average molecular weight is 295 g/mol. The van der Waals surface area contributed by atoms with E-state index in [4.69, 9.17) is 5.73 Å². The second-order valence-electron chi connectivity index (χ2n) is 4.22. The molecule has 3 N–H and O–H groups in total. The van der Waals surface area contributed by atoms with Gasteiger partial charge < -0.3 is 5.73 Å². The molecule has 0 aliphatic rings. The smallest absolute Gasteiger partial charge is 0.184 e. The summed E-state index contributed by atoms with van der Waals surface area (Å²) in [5.41, 5.74) is 8.89. The Morgan fingerprint density at radius 3 is 3.00 bits per heavy atom. The van der Waals surface area contributed by atoms with E-state index in [0.717, 1.165) is 5.56 Å². The Morgan fingerprint density at radius 2 is 2.26 bits per heavy atom. The first-order valence-electron chi connectivity index (χ1n) is 6.53. The highest BCUT2D eigenvalue weighted by molar-refractivity contribution is 7.99. The van der Waals surface area contributed by atoms with Crippen LogP contribution in [0.5, 0.6) is 0 Å².